The van der Waals surface area contributed by atoms with E-state index in [1.807, 2.05) is 45.9 Å². The molecule has 5 heteroatoms. The summed E-state index contributed by atoms with van der Waals surface area (Å²) in [6.45, 7) is 7.73. The minimum Gasteiger partial charge on any atom is -0.336 e. The highest BCUT2D eigenvalue weighted by Crippen LogP contribution is 2.17. The van der Waals surface area contributed by atoms with E-state index in [4.69, 9.17) is 0 Å². The van der Waals surface area contributed by atoms with Crippen molar-refractivity contribution in [3.05, 3.63) is 29.3 Å². The molecule has 0 bridgehead atoms. The number of aryl methyl sites for hydroxylation is 1. The molecule has 0 unspecified atom stereocenters. The Labute approximate surface area is 120 Å². The van der Waals surface area contributed by atoms with Crippen LogP contribution in [0.1, 0.15) is 25.0 Å². The summed E-state index contributed by atoms with van der Waals surface area (Å²) in [4.78, 5) is 25.0. The molecule has 1 aromatic rings. The number of nitrogens with zero attached hydrogens (tertiary/aromatic N) is 1. The third kappa shape index (κ3) is 4.57. The van der Waals surface area contributed by atoms with E-state index in [9.17, 15) is 9.59 Å². The van der Waals surface area contributed by atoms with E-state index in [1.54, 1.807) is 7.05 Å². The number of carbonyl (C=O) groups excluding carboxylic acids is 2. The maximum Gasteiger partial charge on any atom is 0.317 e. The Kier molecular flexibility index (Phi) is 5.55. The second kappa shape index (κ2) is 6.93. The van der Waals surface area contributed by atoms with Gasteiger partial charge in [0.2, 0.25) is 5.91 Å². The van der Waals surface area contributed by atoms with Crippen molar-refractivity contribution >= 4 is 17.6 Å². The third-order valence-corrected chi connectivity index (χ3v) is 3.02. The van der Waals surface area contributed by atoms with Crippen LogP contribution in [0.4, 0.5) is 10.5 Å². The highest BCUT2D eigenvalue weighted by atomic mass is 16.2. The average molecular weight is 277 g/mol. The molecule has 0 spiro atoms. The summed E-state index contributed by atoms with van der Waals surface area (Å²) >= 11 is 0. The number of carbonyl (C=O) groups is 2. The summed E-state index contributed by atoms with van der Waals surface area (Å²) in [5, 5.41) is 5.57. The first-order valence-electron chi connectivity index (χ1n) is 6.69. The number of likely N-dealkylation sites (N-methyl/N-ethyl adjacent to an activating group) is 1. The lowest BCUT2D eigenvalue weighted by atomic mass is 10.1. The summed E-state index contributed by atoms with van der Waals surface area (Å²) < 4.78 is 0. The van der Waals surface area contributed by atoms with Crippen molar-refractivity contribution < 1.29 is 9.59 Å². The van der Waals surface area contributed by atoms with Crippen molar-refractivity contribution in [1.29, 1.82) is 0 Å². The van der Waals surface area contributed by atoms with Gasteiger partial charge in [0.25, 0.3) is 0 Å². The minimum atomic E-state index is -0.254. The largest absolute Gasteiger partial charge is 0.336 e. The van der Waals surface area contributed by atoms with Crippen LogP contribution in [0.5, 0.6) is 0 Å². The summed E-state index contributed by atoms with van der Waals surface area (Å²) in [6, 6.07) is 5.54. The lowest BCUT2D eigenvalue weighted by molar-refractivity contribution is -0.116. The fourth-order valence-electron chi connectivity index (χ4n) is 1.72. The third-order valence-electron chi connectivity index (χ3n) is 3.02. The number of hydrogen-bond donors (Lipinski definition) is 2. The predicted octanol–water partition coefficient (Wildman–Crippen LogP) is 2.29. The number of hydrogen-bond acceptors (Lipinski definition) is 2. The van der Waals surface area contributed by atoms with Crippen molar-refractivity contribution in [2.45, 2.75) is 33.7 Å². The fraction of sp³-hybridized carbons (Fsp3) is 0.467. The molecule has 110 valence electrons. The zero-order chi connectivity index (χ0) is 15.3. The molecule has 0 atom stereocenters. The topological polar surface area (TPSA) is 61.4 Å². The van der Waals surface area contributed by atoms with Gasteiger partial charge in [0, 0.05) is 18.8 Å². The van der Waals surface area contributed by atoms with E-state index in [1.165, 1.54) is 4.90 Å². The molecule has 0 aliphatic carbocycles. The van der Waals surface area contributed by atoms with Crippen LogP contribution in [-0.2, 0) is 4.79 Å². The van der Waals surface area contributed by atoms with Crippen LogP contribution in [-0.4, -0.2) is 36.5 Å². The van der Waals surface area contributed by atoms with Gasteiger partial charge in [0.05, 0.1) is 0 Å². The van der Waals surface area contributed by atoms with Crippen molar-refractivity contribution in [2.75, 3.05) is 18.9 Å². The van der Waals surface area contributed by atoms with E-state index in [0.29, 0.717) is 0 Å². The number of rotatable bonds is 4. The zero-order valence-corrected chi connectivity index (χ0v) is 12.8. The molecule has 0 aromatic heterocycles. The van der Waals surface area contributed by atoms with Crippen LogP contribution in [0.2, 0.25) is 0 Å². The molecule has 0 radical (unpaired) electrons. The van der Waals surface area contributed by atoms with Gasteiger partial charge in [-0.1, -0.05) is 12.1 Å². The lowest BCUT2D eigenvalue weighted by Gasteiger charge is -2.19. The van der Waals surface area contributed by atoms with Gasteiger partial charge in [-0.25, -0.2) is 4.79 Å². The highest BCUT2D eigenvalue weighted by Gasteiger charge is 2.14. The minimum absolute atomic E-state index is 0.0198. The van der Waals surface area contributed by atoms with Gasteiger partial charge in [0.15, 0.2) is 0 Å². The van der Waals surface area contributed by atoms with Gasteiger partial charge in [-0.3, -0.25) is 4.79 Å². The van der Waals surface area contributed by atoms with E-state index >= 15 is 0 Å². The molecule has 0 aliphatic rings. The van der Waals surface area contributed by atoms with E-state index in [-0.39, 0.29) is 24.5 Å². The SMILES string of the molecule is Cc1cccc(NC(=O)CN(C)C(=O)NC(C)C)c1C. The normalized spacial score (nSPS) is 10.3. The van der Waals surface area contributed by atoms with E-state index in [0.717, 1.165) is 16.8 Å². The molecule has 1 aromatic carbocycles. The molecule has 5 nitrogen and oxygen atoms in total. The first kappa shape index (κ1) is 16.0. The maximum atomic E-state index is 11.9. The standard InChI is InChI=1S/C15H23N3O2/c1-10(2)16-15(20)18(5)9-14(19)17-13-8-6-7-11(3)12(13)4/h6-8,10H,9H2,1-5H3,(H,16,20)(H,17,19). The molecule has 0 fully saturated rings. The van der Waals surface area contributed by atoms with Gasteiger partial charge in [-0.05, 0) is 44.9 Å². The second-order valence-corrected chi connectivity index (χ2v) is 5.26. The Morgan fingerprint density at radius 3 is 2.50 bits per heavy atom. The number of urea groups is 1. The van der Waals surface area contributed by atoms with Gasteiger partial charge >= 0.3 is 6.03 Å². The van der Waals surface area contributed by atoms with Crippen LogP contribution in [0.25, 0.3) is 0 Å². The fourth-order valence-corrected chi connectivity index (χ4v) is 1.72. The maximum absolute atomic E-state index is 11.9. The molecule has 0 heterocycles. The lowest BCUT2D eigenvalue weighted by Crippen LogP contribution is -2.44. The Morgan fingerprint density at radius 2 is 1.90 bits per heavy atom. The summed E-state index contributed by atoms with van der Waals surface area (Å²) in [7, 11) is 1.60. The summed E-state index contributed by atoms with van der Waals surface area (Å²) in [5.41, 5.74) is 2.94. The Hall–Kier alpha value is -2.04. The summed E-state index contributed by atoms with van der Waals surface area (Å²) in [5.74, 6) is -0.208. The summed E-state index contributed by atoms with van der Waals surface area (Å²) in [6.07, 6.45) is 0. The van der Waals surface area contributed by atoms with Crippen LogP contribution >= 0.6 is 0 Å². The van der Waals surface area contributed by atoms with E-state index in [2.05, 4.69) is 10.6 Å². The van der Waals surface area contributed by atoms with Crippen molar-refractivity contribution in [2.24, 2.45) is 0 Å². The van der Waals surface area contributed by atoms with Crippen molar-refractivity contribution in [3.8, 4) is 0 Å². The van der Waals surface area contributed by atoms with Gasteiger partial charge in [0.1, 0.15) is 6.54 Å². The Balaban J connectivity index is 2.59. The number of benzene rings is 1. The Morgan fingerprint density at radius 1 is 1.25 bits per heavy atom. The molecular formula is C15H23N3O2. The zero-order valence-electron chi connectivity index (χ0n) is 12.8. The predicted molar refractivity (Wildman–Crippen MR) is 80.8 cm³/mol. The molecule has 1 rings (SSSR count). The van der Waals surface area contributed by atoms with Crippen molar-refractivity contribution in [1.82, 2.24) is 10.2 Å². The van der Waals surface area contributed by atoms with Gasteiger partial charge < -0.3 is 15.5 Å². The molecule has 0 saturated carbocycles. The van der Waals surface area contributed by atoms with Gasteiger partial charge in [-0.15, -0.1) is 0 Å². The Bertz CT molecular complexity index is 498. The van der Waals surface area contributed by atoms with Crippen LogP contribution in [0, 0.1) is 13.8 Å². The van der Waals surface area contributed by atoms with Crippen LogP contribution in [0.15, 0.2) is 18.2 Å². The second-order valence-electron chi connectivity index (χ2n) is 5.26. The first-order chi connectivity index (χ1) is 9.31. The number of amides is 3. The number of anilines is 1. The van der Waals surface area contributed by atoms with Gasteiger partial charge in [-0.2, -0.15) is 0 Å². The molecule has 0 aliphatic heterocycles. The quantitative estimate of drug-likeness (QED) is 0.887. The molecular weight excluding hydrogens is 254 g/mol. The number of nitrogens with one attached hydrogen (secondary N) is 2. The molecule has 20 heavy (non-hydrogen) atoms. The van der Waals surface area contributed by atoms with Crippen LogP contribution < -0.4 is 10.6 Å². The van der Waals surface area contributed by atoms with E-state index < -0.39 is 0 Å². The molecule has 2 N–H and O–H groups in total. The molecule has 3 amide bonds. The highest BCUT2D eigenvalue weighted by molar-refractivity contribution is 5.95. The van der Waals surface area contributed by atoms with Crippen LogP contribution in [0.3, 0.4) is 0 Å². The monoisotopic (exact) mass is 277 g/mol. The molecule has 0 saturated heterocycles. The first-order valence-corrected chi connectivity index (χ1v) is 6.69. The van der Waals surface area contributed by atoms with Crippen molar-refractivity contribution in [3.63, 3.8) is 0 Å². The smallest absolute Gasteiger partial charge is 0.317 e. The average Bonchev–Trinajstić information content (AvgIpc) is 2.34.